The van der Waals surface area contributed by atoms with Crippen LogP contribution in [0, 0.1) is 0 Å². The molecule has 0 aliphatic carbocycles. The largest absolute Gasteiger partial charge is 0.391 e. The highest BCUT2D eigenvalue weighted by atomic mass is 28.4. The van der Waals surface area contributed by atoms with Crippen molar-refractivity contribution >= 4 is 8.56 Å². The van der Waals surface area contributed by atoms with Crippen LogP contribution in [-0.4, -0.2) is 33.5 Å². The monoisotopic (exact) mass is 350 g/mol. The molecule has 0 N–H and O–H groups in total. The summed E-state index contributed by atoms with van der Waals surface area (Å²) in [6.07, 6.45) is 9.31. The summed E-state index contributed by atoms with van der Waals surface area (Å²) < 4.78 is 19.4. The zero-order chi connectivity index (χ0) is 18.2. The highest BCUT2D eigenvalue weighted by Gasteiger charge is 2.62. The van der Waals surface area contributed by atoms with Gasteiger partial charge in [0, 0.05) is 10.1 Å². The van der Waals surface area contributed by atoms with Crippen LogP contribution in [0.1, 0.15) is 54.9 Å². The maximum atomic E-state index is 6.68. The minimum Gasteiger partial charge on any atom is -0.391 e. The van der Waals surface area contributed by atoms with Crippen molar-refractivity contribution in [2.45, 2.75) is 83.3 Å². The summed E-state index contributed by atoms with van der Waals surface area (Å²) >= 11 is 0. The lowest BCUT2D eigenvalue weighted by Gasteiger charge is -2.55. The number of hydrogen-bond donors (Lipinski definition) is 0. The molecule has 0 saturated carbocycles. The van der Waals surface area contributed by atoms with Crippen LogP contribution in [0.4, 0.5) is 0 Å². The molecular formula is C20H34O3Si. The molecule has 136 valence electrons. The van der Waals surface area contributed by atoms with E-state index in [4.69, 9.17) is 13.6 Å². The van der Waals surface area contributed by atoms with Gasteiger partial charge in [0.25, 0.3) is 0 Å². The lowest BCUT2D eigenvalue weighted by Crippen LogP contribution is -2.65. The van der Waals surface area contributed by atoms with Gasteiger partial charge in [0.2, 0.25) is 0 Å². The average Bonchev–Trinajstić information content (AvgIpc) is 2.49. The smallest absolute Gasteiger partial charge is 0.349 e. The Morgan fingerprint density at radius 3 is 2.33 bits per heavy atom. The Kier molecular flexibility index (Phi) is 5.65. The summed E-state index contributed by atoms with van der Waals surface area (Å²) in [5.74, 6) is 0. The van der Waals surface area contributed by atoms with Crippen LogP contribution in [0.3, 0.4) is 0 Å². The van der Waals surface area contributed by atoms with Crippen LogP contribution >= 0.6 is 0 Å². The fourth-order valence-electron chi connectivity index (χ4n) is 3.81. The predicted molar refractivity (Wildman–Crippen MR) is 102 cm³/mol. The lowest BCUT2D eigenvalue weighted by atomic mass is 10.1. The van der Waals surface area contributed by atoms with Crippen LogP contribution < -0.4 is 0 Å². The molecule has 4 heteroatoms. The third kappa shape index (κ3) is 3.77. The van der Waals surface area contributed by atoms with Crippen LogP contribution in [0.2, 0.25) is 10.1 Å². The molecule has 0 radical (unpaired) electrons. The van der Waals surface area contributed by atoms with Gasteiger partial charge in [-0.15, -0.1) is 0 Å². The summed E-state index contributed by atoms with van der Waals surface area (Å²) in [5.41, 5.74) is 1.18. The van der Waals surface area contributed by atoms with E-state index < -0.39 is 8.56 Å². The summed E-state index contributed by atoms with van der Waals surface area (Å²) in [6, 6.07) is 0. The summed E-state index contributed by atoms with van der Waals surface area (Å²) in [5, 5.41) is 0.00936. The molecule has 0 aromatic carbocycles. The van der Waals surface area contributed by atoms with Crippen LogP contribution in [0.5, 0.6) is 0 Å². The average molecular weight is 351 g/mol. The first-order chi connectivity index (χ1) is 11.0. The van der Waals surface area contributed by atoms with Gasteiger partial charge >= 0.3 is 8.56 Å². The van der Waals surface area contributed by atoms with E-state index in [2.05, 4.69) is 73.3 Å². The minimum absolute atomic E-state index is 0.00426. The Morgan fingerprint density at radius 1 is 1.17 bits per heavy atom. The molecule has 2 aliphatic rings. The summed E-state index contributed by atoms with van der Waals surface area (Å²) in [7, 11) is -2.41. The van der Waals surface area contributed by atoms with Crippen LogP contribution in [0.15, 0.2) is 36.5 Å². The Morgan fingerprint density at radius 2 is 1.79 bits per heavy atom. The van der Waals surface area contributed by atoms with Crippen molar-refractivity contribution in [3.63, 3.8) is 0 Å². The number of fused-ring (bicyclic) bond motifs is 1. The van der Waals surface area contributed by atoms with Crippen molar-refractivity contribution in [3.8, 4) is 0 Å². The second-order valence-electron chi connectivity index (χ2n) is 9.00. The van der Waals surface area contributed by atoms with Crippen molar-refractivity contribution in [2.24, 2.45) is 0 Å². The van der Waals surface area contributed by atoms with Crippen molar-refractivity contribution in [1.82, 2.24) is 0 Å². The predicted octanol–water partition coefficient (Wildman–Crippen LogP) is 5.29. The van der Waals surface area contributed by atoms with Gasteiger partial charge in [0.15, 0.2) is 0 Å². The molecule has 2 heterocycles. The molecule has 0 unspecified atom stereocenters. The Bertz CT molecular complexity index is 508. The van der Waals surface area contributed by atoms with E-state index in [9.17, 15) is 0 Å². The van der Waals surface area contributed by atoms with Gasteiger partial charge in [-0.3, -0.25) is 0 Å². The maximum Gasteiger partial charge on any atom is 0.349 e. The highest BCUT2D eigenvalue weighted by Crippen LogP contribution is 2.54. The first kappa shape index (κ1) is 19.6. The molecule has 0 spiro atoms. The van der Waals surface area contributed by atoms with Gasteiger partial charge in [-0.1, -0.05) is 78.0 Å². The first-order valence-corrected chi connectivity index (χ1v) is 10.8. The quantitative estimate of drug-likeness (QED) is 0.393. The number of allylic oxidation sites excluding steroid dienone is 2. The van der Waals surface area contributed by atoms with Gasteiger partial charge in [-0.05, 0) is 13.3 Å². The second-order valence-corrected chi connectivity index (χ2v) is 13.8. The minimum atomic E-state index is -2.41. The van der Waals surface area contributed by atoms with E-state index >= 15 is 0 Å². The van der Waals surface area contributed by atoms with E-state index in [1.165, 1.54) is 5.57 Å². The number of hydrogen-bond acceptors (Lipinski definition) is 3. The van der Waals surface area contributed by atoms with E-state index in [-0.39, 0.29) is 28.4 Å². The third-order valence-corrected chi connectivity index (χ3v) is 10.1. The molecule has 0 bridgehead atoms. The zero-order valence-electron chi connectivity index (χ0n) is 16.4. The van der Waals surface area contributed by atoms with E-state index in [1.807, 2.05) is 6.08 Å². The van der Waals surface area contributed by atoms with Gasteiger partial charge in [0.1, 0.15) is 6.10 Å². The second kappa shape index (κ2) is 6.91. The highest BCUT2D eigenvalue weighted by molar-refractivity contribution is 6.73. The summed E-state index contributed by atoms with van der Waals surface area (Å²) in [6.45, 7) is 19.9. The van der Waals surface area contributed by atoms with E-state index in [1.54, 1.807) is 0 Å². The zero-order valence-corrected chi connectivity index (χ0v) is 17.4. The Labute approximate surface area is 149 Å². The van der Waals surface area contributed by atoms with Gasteiger partial charge in [0.05, 0.1) is 18.8 Å². The van der Waals surface area contributed by atoms with Crippen LogP contribution in [-0.2, 0) is 13.6 Å². The molecular weight excluding hydrogens is 316 g/mol. The fraction of sp³-hybridized carbons (Fsp3) is 0.700. The third-order valence-electron chi connectivity index (χ3n) is 4.95. The maximum absolute atomic E-state index is 6.68. The van der Waals surface area contributed by atoms with E-state index in [0.717, 1.165) is 6.42 Å². The molecule has 0 aromatic rings. The van der Waals surface area contributed by atoms with Crippen molar-refractivity contribution < 1.29 is 13.6 Å². The molecule has 2 rings (SSSR count). The number of ether oxygens (including phenoxy) is 1. The van der Waals surface area contributed by atoms with Crippen LogP contribution in [0.25, 0.3) is 0 Å². The van der Waals surface area contributed by atoms with Crippen molar-refractivity contribution in [3.05, 3.63) is 36.5 Å². The number of rotatable bonds is 3. The van der Waals surface area contributed by atoms with E-state index in [0.29, 0.717) is 6.61 Å². The molecule has 2 aliphatic heterocycles. The van der Waals surface area contributed by atoms with Gasteiger partial charge in [-0.25, -0.2) is 0 Å². The standard InChI is InChI=1S/C20H34O3Si/c1-9-15(2)10-11-16-12-13-17-18(22-16)14-21-24(23-17,19(3,4)5)20(6,7)8/h9-10,12-13,16-18H,1,11,14H2,2-8H3/b15-10+/t16-,17-,18+/m0/s1. The fourth-order valence-corrected chi connectivity index (χ4v) is 8.71. The molecule has 3 nitrogen and oxygen atoms in total. The van der Waals surface area contributed by atoms with Crippen molar-refractivity contribution in [2.75, 3.05) is 6.61 Å². The SMILES string of the molecule is C=C/C(C)=C/C[C@H]1C=C[C@@H]2O[Si](C(C)(C)C)(C(C)(C)C)OC[C@H]2O1. The molecule has 24 heavy (non-hydrogen) atoms. The Balaban J connectivity index is 2.16. The topological polar surface area (TPSA) is 27.7 Å². The molecule has 3 atom stereocenters. The lowest BCUT2D eigenvalue weighted by molar-refractivity contribution is -0.115. The van der Waals surface area contributed by atoms with Crippen molar-refractivity contribution in [1.29, 1.82) is 0 Å². The Hall–Kier alpha value is -0.683. The molecule has 0 amide bonds. The molecule has 0 aromatic heterocycles. The molecule has 1 saturated heterocycles. The van der Waals surface area contributed by atoms with Gasteiger partial charge in [-0.2, -0.15) is 0 Å². The summed E-state index contributed by atoms with van der Waals surface area (Å²) in [4.78, 5) is 0. The molecule has 1 fully saturated rings. The normalized spacial score (nSPS) is 30.8. The first-order valence-electron chi connectivity index (χ1n) is 8.95. The van der Waals surface area contributed by atoms with Gasteiger partial charge < -0.3 is 13.6 Å².